The van der Waals surface area contributed by atoms with Crippen molar-refractivity contribution in [2.24, 2.45) is 17.6 Å². The van der Waals surface area contributed by atoms with Gasteiger partial charge in [-0.25, -0.2) is 0 Å². The van der Waals surface area contributed by atoms with Gasteiger partial charge in [-0.15, -0.1) is 0 Å². The smallest absolute Gasteiger partial charge is 0.0406 e. The Kier molecular flexibility index (Phi) is 13.0. The second-order valence-corrected chi connectivity index (χ2v) is 12.6. The van der Waals surface area contributed by atoms with E-state index in [0.29, 0.717) is 17.4 Å². The number of benzene rings is 2. The second-order valence-electron chi connectivity index (χ2n) is 11.7. The molecule has 2 atom stereocenters. The number of likely N-dealkylation sites (N-methyl/N-ethyl adjacent to an activating group) is 1. The minimum atomic E-state index is 0.217. The lowest BCUT2D eigenvalue weighted by molar-refractivity contribution is 0.157. The zero-order valence-corrected chi connectivity index (χ0v) is 25.9. The Morgan fingerprint density at radius 2 is 1.08 bits per heavy atom. The van der Waals surface area contributed by atoms with E-state index in [1.807, 2.05) is 38.1 Å². The SMILES string of the molecule is CC.CC(C)CC(N)C1(c2ccc(Cl)cc2)CCC1.CNC(CC(C)C)C1(c2ccc(Cl)cc2)CCC1. The standard InChI is InChI=1S/C16H24ClN.C15H22ClN.C2H6/c1-12(2)11-15(18-3)16(9-4-10-16)13-5-7-14(17)8-6-13;1-11(2)10-14(17)15(8-3-9-15)12-4-6-13(16)7-5-12;1-2/h5-8,12,15,18H,4,9-11H2,1-3H3;4-7,11,14H,3,8-10,17H2,1-2H3;1-2H3. The molecule has 4 rings (SSSR count). The molecule has 208 valence electrons. The highest BCUT2D eigenvalue weighted by Crippen LogP contribution is 2.48. The molecule has 37 heavy (non-hydrogen) atoms. The van der Waals surface area contributed by atoms with Crippen molar-refractivity contribution >= 4 is 23.2 Å². The Hall–Kier alpha value is -1.06. The fourth-order valence-corrected chi connectivity index (χ4v) is 6.47. The minimum Gasteiger partial charge on any atom is -0.327 e. The molecule has 0 amide bonds. The lowest BCUT2D eigenvalue weighted by Crippen LogP contribution is -2.52. The molecule has 0 aliphatic heterocycles. The number of rotatable bonds is 9. The largest absolute Gasteiger partial charge is 0.327 e. The molecular formula is C33H52Cl2N2. The first kappa shape index (κ1) is 32.2. The van der Waals surface area contributed by atoms with Crippen molar-refractivity contribution in [2.45, 2.75) is 116 Å². The number of nitrogens with one attached hydrogen (secondary N) is 1. The predicted octanol–water partition coefficient (Wildman–Crippen LogP) is 9.56. The van der Waals surface area contributed by atoms with E-state index >= 15 is 0 Å². The Bertz CT molecular complexity index is 897. The molecule has 3 N–H and O–H groups in total. The fourth-order valence-electron chi connectivity index (χ4n) is 6.22. The van der Waals surface area contributed by atoms with Gasteiger partial charge >= 0.3 is 0 Å². The van der Waals surface area contributed by atoms with Crippen LogP contribution >= 0.6 is 23.2 Å². The summed E-state index contributed by atoms with van der Waals surface area (Å²) in [4.78, 5) is 0. The van der Waals surface area contributed by atoms with Crippen LogP contribution in [0.4, 0.5) is 0 Å². The average molecular weight is 548 g/mol. The van der Waals surface area contributed by atoms with Gasteiger partial charge in [0.2, 0.25) is 0 Å². The van der Waals surface area contributed by atoms with Crippen LogP contribution in [0.5, 0.6) is 0 Å². The fraction of sp³-hybridized carbons (Fsp3) is 0.636. The summed E-state index contributed by atoms with van der Waals surface area (Å²) in [5.41, 5.74) is 9.84. The Morgan fingerprint density at radius 3 is 1.38 bits per heavy atom. The maximum atomic E-state index is 6.45. The van der Waals surface area contributed by atoms with Crippen molar-refractivity contribution in [3.8, 4) is 0 Å². The van der Waals surface area contributed by atoms with E-state index in [1.54, 1.807) is 0 Å². The van der Waals surface area contributed by atoms with Crippen molar-refractivity contribution in [2.75, 3.05) is 7.05 Å². The van der Waals surface area contributed by atoms with Crippen molar-refractivity contribution < 1.29 is 0 Å². The quantitative estimate of drug-likeness (QED) is 0.328. The maximum absolute atomic E-state index is 6.45. The van der Waals surface area contributed by atoms with Crippen LogP contribution in [0.15, 0.2) is 48.5 Å². The second kappa shape index (κ2) is 14.9. The molecule has 2 aliphatic carbocycles. The third-order valence-corrected chi connectivity index (χ3v) is 8.99. The van der Waals surface area contributed by atoms with Crippen LogP contribution in [0.2, 0.25) is 10.0 Å². The monoisotopic (exact) mass is 546 g/mol. The van der Waals surface area contributed by atoms with Crippen LogP contribution in [0.1, 0.15) is 104 Å². The molecule has 2 aliphatic rings. The number of hydrogen-bond donors (Lipinski definition) is 2. The van der Waals surface area contributed by atoms with Crippen LogP contribution in [0, 0.1) is 11.8 Å². The van der Waals surface area contributed by atoms with E-state index in [0.717, 1.165) is 22.4 Å². The van der Waals surface area contributed by atoms with Crippen molar-refractivity contribution in [1.82, 2.24) is 5.32 Å². The lowest BCUT2D eigenvalue weighted by atomic mass is 9.59. The summed E-state index contributed by atoms with van der Waals surface area (Å²) in [6.07, 6.45) is 10.0. The third-order valence-electron chi connectivity index (χ3n) is 8.49. The summed E-state index contributed by atoms with van der Waals surface area (Å²) in [5, 5.41) is 5.19. The highest BCUT2D eigenvalue weighted by Gasteiger charge is 2.45. The molecule has 2 aromatic carbocycles. The summed E-state index contributed by atoms with van der Waals surface area (Å²) in [5.74, 6) is 1.39. The first-order valence-electron chi connectivity index (χ1n) is 14.6. The molecule has 0 bridgehead atoms. The van der Waals surface area contributed by atoms with E-state index in [4.69, 9.17) is 28.9 Å². The molecule has 0 heterocycles. The Labute approximate surface area is 238 Å². The first-order chi connectivity index (χ1) is 17.6. The highest BCUT2D eigenvalue weighted by atomic mass is 35.5. The van der Waals surface area contributed by atoms with Crippen molar-refractivity contribution in [1.29, 1.82) is 0 Å². The molecular weight excluding hydrogens is 495 g/mol. The van der Waals surface area contributed by atoms with Gasteiger partial charge in [0.25, 0.3) is 0 Å². The lowest BCUT2D eigenvalue weighted by Gasteiger charge is -2.49. The van der Waals surface area contributed by atoms with Crippen molar-refractivity contribution in [3.05, 3.63) is 69.7 Å². The molecule has 0 aromatic heterocycles. The summed E-state index contributed by atoms with van der Waals surface area (Å²) in [6, 6.07) is 17.6. The molecule has 2 aromatic rings. The van der Waals surface area contributed by atoms with Gasteiger partial charge in [-0.3, -0.25) is 0 Å². The summed E-state index contributed by atoms with van der Waals surface area (Å²) in [6.45, 7) is 13.1. The normalized spacial score (nSPS) is 18.9. The minimum absolute atomic E-state index is 0.217. The average Bonchev–Trinajstić information content (AvgIpc) is 2.80. The predicted molar refractivity (Wildman–Crippen MR) is 165 cm³/mol. The van der Waals surface area contributed by atoms with Gasteiger partial charge < -0.3 is 11.1 Å². The molecule has 0 saturated heterocycles. The number of halogens is 2. The molecule has 2 nitrogen and oxygen atoms in total. The zero-order valence-electron chi connectivity index (χ0n) is 24.4. The van der Waals surface area contributed by atoms with E-state index in [-0.39, 0.29) is 11.5 Å². The maximum Gasteiger partial charge on any atom is 0.0406 e. The van der Waals surface area contributed by atoms with Gasteiger partial charge in [-0.2, -0.15) is 0 Å². The molecule has 2 saturated carbocycles. The van der Waals surface area contributed by atoms with Crippen LogP contribution in [-0.4, -0.2) is 19.1 Å². The summed E-state index contributed by atoms with van der Waals surface area (Å²) >= 11 is 12.0. The van der Waals surface area contributed by atoms with E-state index in [1.165, 1.54) is 56.1 Å². The van der Waals surface area contributed by atoms with Crippen LogP contribution in [0.25, 0.3) is 0 Å². The Balaban J connectivity index is 0.000000244. The summed E-state index contributed by atoms with van der Waals surface area (Å²) in [7, 11) is 2.10. The van der Waals surface area contributed by atoms with Gasteiger partial charge in [0.1, 0.15) is 0 Å². The van der Waals surface area contributed by atoms with Crippen LogP contribution in [-0.2, 0) is 10.8 Å². The van der Waals surface area contributed by atoms with Crippen molar-refractivity contribution in [3.63, 3.8) is 0 Å². The summed E-state index contributed by atoms with van der Waals surface area (Å²) < 4.78 is 0. The van der Waals surface area contributed by atoms with E-state index in [2.05, 4.69) is 64.3 Å². The highest BCUT2D eigenvalue weighted by molar-refractivity contribution is 6.30. The van der Waals surface area contributed by atoms with E-state index in [9.17, 15) is 0 Å². The third kappa shape index (κ3) is 7.98. The first-order valence-corrected chi connectivity index (χ1v) is 15.3. The van der Waals surface area contributed by atoms with E-state index < -0.39 is 0 Å². The topological polar surface area (TPSA) is 38.0 Å². The molecule has 4 heteroatoms. The molecule has 2 unspecified atom stereocenters. The van der Waals surface area contributed by atoms with Gasteiger partial charge in [0, 0.05) is 33.0 Å². The van der Waals surface area contributed by atoms with Gasteiger partial charge in [-0.05, 0) is 92.8 Å². The Morgan fingerprint density at radius 1 is 0.703 bits per heavy atom. The van der Waals surface area contributed by atoms with Gasteiger partial charge in [0.05, 0.1) is 0 Å². The molecule has 0 spiro atoms. The number of hydrogen-bond acceptors (Lipinski definition) is 2. The van der Waals surface area contributed by atoms with Gasteiger partial charge in [-0.1, -0.05) is 102 Å². The van der Waals surface area contributed by atoms with Crippen LogP contribution < -0.4 is 11.1 Å². The van der Waals surface area contributed by atoms with Crippen LogP contribution in [0.3, 0.4) is 0 Å². The number of nitrogens with two attached hydrogens (primary N) is 1. The van der Waals surface area contributed by atoms with Gasteiger partial charge in [0.15, 0.2) is 0 Å². The molecule has 2 fully saturated rings. The zero-order chi connectivity index (χ0) is 27.6. The molecule has 0 radical (unpaired) electrons.